The number of alkyl halides is 5. The molecule has 0 radical (unpaired) electrons. The van der Waals surface area contributed by atoms with Crippen LogP contribution in [0.5, 0.6) is 5.75 Å². The number of H-pyrrole nitrogens is 1. The Labute approximate surface area is 161 Å². The highest BCUT2D eigenvalue weighted by atomic mass is 35.5. The molecule has 3 nitrogen and oxygen atoms in total. The molecule has 0 saturated carbocycles. The number of hydrogen-bond acceptors (Lipinski definition) is 2. The first kappa shape index (κ1) is 20.4. The van der Waals surface area contributed by atoms with Crippen molar-refractivity contribution in [3.63, 3.8) is 0 Å². The van der Waals surface area contributed by atoms with Gasteiger partial charge in [0.05, 0.1) is 12.3 Å². The summed E-state index contributed by atoms with van der Waals surface area (Å²) in [5, 5.41) is 1.32. The van der Waals surface area contributed by atoms with Crippen molar-refractivity contribution >= 4 is 22.5 Å². The van der Waals surface area contributed by atoms with Gasteiger partial charge in [-0.25, -0.2) is 0 Å². The summed E-state index contributed by atoms with van der Waals surface area (Å²) in [6.07, 6.45) is -7.22. The van der Waals surface area contributed by atoms with Crippen molar-refractivity contribution in [1.29, 1.82) is 0 Å². The number of benzene rings is 2. The summed E-state index contributed by atoms with van der Waals surface area (Å²) < 4.78 is 67.4. The number of nitrogens with one attached hydrogen (secondary N) is 1. The van der Waals surface area contributed by atoms with E-state index in [1.165, 1.54) is 6.07 Å². The molecule has 1 aliphatic carbocycles. The Morgan fingerprint density at radius 1 is 1.00 bits per heavy atom. The van der Waals surface area contributed by atoms with Crippen LogP contribution < -0.4 is 10.2 Å². The van der Waals surface area contributed by atoms with Crippen molar-refractivity contribution < 1.29 is 26.7 Å². The molecule has 3 rings (SSSR count). The number of ether oxygens (including phenoxy) is 1. The van der Waals surface area contributed by atoms with Crippen LogP contribution >= 0.6 is 11.6 Å². The van der Waals surface area contributed by atoms with E-state index in [9.17, 15) is 26.7 Å². The Morgan fingerprint density at radius 2 is 1.75 bits per heavy atom. The number of rotatable bonds is 6. The Balaban J connectivity index is 1.68. The van der Waals surface area contributed by atoms with Gasteiger partial charge in [0.2, 0.25) is 0 Å². The topological polar surface area (TPSA) is 42.1 Å². The van der Waals surface area contributed by atoms with Crippen LogP contribution in [0.25, 0.3) is 22.2 Å². The monoisotopic (exact) mass is 419 g/mol. The van der Waals surface area contributed by atoms with Crippen LogP contribution in [0, 0.1) is 0 Å². The average Bonchev–Trinajstić information content (AvgIpc) is 2.59. The quantitative estimate of drug-likeness (QED) is 0.301. The standard InChI is InChI=1S/C19H15ClF5NO2/c20-12-4-3-11-7-14-16(26-15(11)8-12)9-13(10-17(14)27)28-6-2-1-5-18(21,22)19(23,24)25/h3-4,7-10,26H,1-2,5-6H2. The zero-order valence-electron chi connectivity index (χ0n) is 14.4. The highest BCUT2D eigenvalue weighted by Gasteiger charge is 2.56. The average molecular weight is 420 g/mol. The van der Waals surface area contributed by atoms with E-state index in [1.807, 2.05) is 0 Å². The molecule has 1 aromatic carbocycles. The molecule has 0 unspecified atom stereocenters. The fourth-order valence-corrected chi connectivity index (χ4v) is 2.95. The van der Waals surface area contributed by atoms with Gasteiger partial charge >= 0.3 is 12.1 Å². The maximum atomic E-state index is 12.8. The molecule has 0 saturated heterocycles. The van der Waals surface area contributed by atoms with E-state index in [1.54, 1.807) is 30.3 Å². The molecule has 9 heteroatoms. The molecule has 0 amide bonds. The van der Waals surface area contributed by atoms with Crippen LogP contribution in [-0.4, -0.2) is 23.7 Å². The van der Waals surface area contributed by atoms with Crippen LogP contribution in [0.15, 0.2) is 41.2 Å². The second-order valence-electron chi connectivity index (χ2n) is 6.39. The van der Waals surface area contributed by atoms with E-state index in [4.69, 9.17) is 16.3 Å². The van der Waals surface area contributed by atoms with E-state index in [2.05, 4.69) is 4.98 Å². The Kier molecular flexibility index (Phi) is 5.52. The molecule has 150 valence electrons. The highest BCUT2D eigenvalue weighted by molar-refractivity contribution is 6.31. The summed E-state index contributed by atoms with van der Waals surface area (Å²) in [5.74, 6) is -4.51. The van der Waals surface area contributed by atoms with Crippen LogP contribution in [0.1, 0.15) is 19.3 Å². The van der Waals surface area contributed by atoms with Crippen molar-refractivity contribution in [3.05, 3.63) is 51.6 Å². The lowest BCUT2D eigenvalue weighted by Gasteiger charge is -2.19. The van der Waals surface area contributed by atoms with Crippen LogP contribution in [0.4, 0.5) is 22.0 Å². The molecule has 1 N–H and O–H groups in total. The second-order valence-corrected chi connectivity index (χ2v) is 6.83. The number of halogens is 6. The lowest BCUT2D eigenvalue weighted by molar-refractivity contribution is -0.284. The third-order valence-electron chi connectivity index (χ3n) is 4.27. The summed E-state index contributed by atoms with van der Waals surface area (Å²) in [4.78, 5) is 15.4. The fraction of sp³-hybridized carbons (Fsp3) is 0.316. The Hall–Kier alpha value is -2.35. The minimum absolute atomic E-state index is 0.00502. The van der Waals surface area contributed by atoms with Gasteiger partial charge in [-0.2, -0.15) is 22.0 Å². The first-order valence-corrected chi connectivity index (χ1v) is 8.78. The van der Waals surface area contributed by atoms with Gasteiger partial charge in [0.1, 0.15) is 5.75 Å². The molecular formula is C19H15ClF5NO2. The first-order valence-electron chi connectivity index (χ1n) is 8.40. The molecule has 0 fully saturated rings. The van der Waals surface area contributed by atoms with Gasteiger partial charge < -0.3 is 9.72 Å². The SMILES string of the molecule is O=c1cc(OCCCCC(F)(F)C(F)(F)F)cc2[nH]c3cc(Cl)ccc3cc1-2. The summed E-state index contributed by atoms with van der Waals surface area (Å²) in [6.45, 7) is -0.0850. The van der Waals surface area contributed by atoms with Crippen LogP contribution in [-0.2, 0) is 0 Å². The van der Waals surface area contributed by atoms with E-state index in [0.29, 0.717) is 21.8 Å². The van der Waals surface area contributed by atoms with Crippen molar-refractivity contribution in [1.82, 2.24) is 4.98 Å². The Bertz CT molecular complexity index is 1020. The van der Waals surface area contributed by atoms with Crippen molar-refractivity contribution in [3.8, 4) is 17.0 Å². The van der Waals surface area contributed by atoms with Gasteiger partial charge in [-0.1, -0.05) is 17.7 Å². The van der Waals surface area contributed by atoms with E-state index < -0.39 is 18.5 Å². The van der Waals surface area contributed by atoms with E-state index in [-0.39, 0.29) is 30.6 Å². The van der Waals surface area contributed by atoms with Crippen molar-refractivity contribution in [2.45, 2.75) is 31.4 Å². The Morgan fingerprint density at radius 3 is 2.46 bits per heavy atom. The minimum Gasteiger partial charge on any atom is -0.493 e. The molecule has 0 spiro atoms. The van der Waals surface area contributed by atoms with Gasteiger partial charge in [0.15, 0.2) is 5.43 Å². The summed E-state index contributed by atoms with van der Waals surface area (Å²) >= 11 is 5.96. The zero-order valence-corrected chi connectivity index (χ0v) is 15.1. The molecular weight excluding hydrogens is 405 g/mol. The largest absolute Gasteiger partial charge is 0.493 e. The molecule has 0 aromatic heterocycles. The number of unbranched alkanes of at least 4 members (excludes halogenated alkanes) is 1. The first-order chi connectivity index (χ1) is 13.1. The fourth-order valence-electron chi connectivity index (χ4n) is 2.78. The van der Waals surface area contributed by atoms with Gasteiger partial charge in [-0.15, -0.1) is 0 Å². The zero-order chi connectivity index (χ0) is 20.5. The van der Waals surface area contributed by atoms with Gasteiger partial charge in [0, 0.05) is 34.7 Å². The minimum atomic E-state index is -5.55. The molecule has 1 aromatic rings. The summed E-state index contributed by atoms with van der Waals surface area (Å²) in [5.41, 5.74) is 1.35. The molecule has 0 bridgehead atoms. The highest BCUT2D eigenvalue weighted by Crippen LogP contribution is 2.39. The van der Waals surface area contributed by atoms with Gasteiger partial charge in [0.25, 0.3) is 0 Å². The second kappa shape index (κ2) is 7.58. The number of pyridine rings is 1. The van der Waals surface area contributed by atoms with E-state index >= 15 is 0 Å². The number of aromatic nitrogens is 1. The number of aromatic amines is 1. The molecule has 2 aliphatic rings. The van der Waals surface area contributed by atoms with Crippen LogP contribution in [0.2, 0.25) is 5.02 Å². The molecule has 0 atom stereocenters. The van der Waals surface area contributed by atoms with Crippen molar-refractivity contribution in [2.24, 2.45) is 0 Å². The van der Waals surface area contributed by atoms with E-state index in [0.717, 1.165) is 5.39 Å². The predicted molar refractivity (Wildman–Crippen MR) is 96.5 cm³/mol. The maximum Gasteiger partial charge on any atom is 0.453 e. The van der Waals surface area contributed by atoms with Gasteiger partial charge in [-0.3, -0.25) is 4.79 Å². The lowest BCUT2D eigenvalue weighted by Crippen LogP contribution is -2.36. The lowest BCUT2D eigenvalue weighted by atomic mass is 10.1. The molecule has 28 heavy (non-hydrogen) atoms. The molecule has 1 aliphatic heterocycles. The third-order valence-corrected chi connectivity index (χ3v) is 4.50. The van der Waals surface area contributed by atoms with Crippen LogP contribution in [0.3, 0.4) is 0 Å². The summed E-state index contributed by atoms with van der Waals surface area (Å²) in [6, 6.07) is 9.71. The third kappa shape index (κ3) is 4.38. The number of fused-ring (bicyclic) bond motifs is 2. The smallest absolute Gasteiger partial charge is 0.453 e. The maximum absolute atomic E-state index is 12.8. The summed E-state index contributed by atoms with van der Waals surface area (Å²) in [7, 11) is 0. The number of hydrogen-bond donors (Lipinski definition) is 1. The van der Waals surface area contributed by atoms with Crippen molar-refractivity contribution in [2.75, 3.05) is 6.61 Å². The normalized spacial score (nSPS) is 12.6. The predicted octanol–water partition coefficient (Wildman–Crippen LogP) is 6.03. The molecule has 1 heterocycles. The van der Waals surface area contributed by atoms with Gasteiger partial charge in [-0.05, 0) is 36.4 Å².